The minimum absolute atomic E-state index is 0.0305. The van der Waals surface area contributed by atoms with Crippen molar-refractivity contribution in [1.29, 1.82) is 5.26 Å². The number of para-hydroxylation sites is 1. The van der Waals surface area contributed by atoms with Crippen molar-refractivity contribution in [3.63, 3.8) is 0 Å². The third-order valence-corrected chi connectivity index (χ3v) is 4.79. The van der Waals surface area contributed by atoms with Crippen LogP contribution in [0.5, 0.6) is 0 Å². The van der Waals surface area contributed by atoms with E-state index in [1.54, 1.807) is 0 Å². The van der Waals surface area contributed by atoms with Crippen molar-refractivity contribution in [3.05, 3.63) is 52.7 Å². The maximum Gasteiger partial charge on any atom is 0.225 e. The highest BCUT2D eigenvalue weighted by Gasteiger charge is 2.25. The molecule has 5 heteroatoms. The van der Waals surface area contributed by atoms with E-state index in [0.717, 1.165) is 36.2 Å². The Hall–Kier alpha value is -2.87. The van der Waals surface area contributed by atoms with Gasteiger partial charge in [0.15, 0.2) is 0 Å². The van der Waals surface area contributed by atoms with Gasteiger partial charge in [-0.15, -0.1) is 0 Å². The van der Waals surface area contributed by atoms with Crippen molar-refractivity contribution in [2.45, 2.75) is 31.6 Å². The average Bonchev–Trinajstić information content (AvgIpc) is 3.05. The van der Waals surface area contributed by atoms with Gasteiger partial charge in [0.25, 0.3) is 0 Å². The van der Waals surface area contributed by atoms with Crippen LogP contribution in [0.1, 0.15) is 41.1 Å². The molecule has 5 nitrogen and oxygen atoms in total. The molecule has 0 fully saturated rings. The highest BCUT2D eigenvalue weighted by molar-refractivity contribution is 5.94. The van der Waals surface area contributed by atoms with Crippen molar-refractivity contribution in [2.24, 2.45) is 0 Å². The van der Waals surface area contributed by atoms with Gasteiger partial charge in [-0.3, -0.25) is 4.79 Å². The number of pyridine rings is 1. The molecule has 0 spiro atoms. The monoisotopic (exact) mass is 318 g/mol. The second-order valence-corrected chi connectivity index (χ2v) is 6.37. The molecule has 1 aliphatic heterocycles. The number of amides is 1. The molecule has 2 heterocycles. The Labute approximate surface area is 140 Å². The molecule has 1 unspecified atom stereocenters. The lowest BCUT2D eigenvalue weighted by Crippen LogP contribution is -2.27. The molecule has 0 saturated carbocycles. The number of aryl methyl sites for hydroxylation is 2. The van der Waals surface area contributed by atoms with Gasteiger partial charge in [0.1, 0.15) is 11.9 Å². The number of fused-ring (bicyclic) bond motifs is 2. The van der Waals surface area contributed by atoms with Crippen molar-refractivity contribution < 1.29 is 4.79 Å². The molecule has 2 aliphatic rings. The zero-order valence-corrected chi connectivity index (χ0v) is 13.3. The Morgan fingerprint density at radius 3 is 3.08 bits per heavy atom. The van der Waals surface area contributed by atoms with Gasteiger partial charge < -0.3 is 10.6 Å². The van der Waals surface area contributed by atoms with Gasteiger partial charge >= 0.3 is 0 Å². The molecule has 0 saturated heterocycles. The molecular formula is C19H18N4O. The number of carbonyl (C=O) groups excluding carboxylic acids is 1. The topological polar surface area (TPSA) is 77.8 Å². The first-order valence-corrected chi connectivity index (χ1v) is 8.30. The molecule has 1 aromatic carbocycles. The Morgan fingerprint density at radius 2 is 2.21 bits per heavy atom. The maximum atomic E-state index is 11.9. The fourth-order valence-corrected chi connectivity index (χ4v) is 3.60. The van der Waals surface area contributed by atoms with Gasteiger partial charge in [-0.05, 0) is 42.5 Å². The van der Waals surface area contributed by atoms with Crippen molar-refractivity contribution in [2.75, 3.05) is 17.2 Å². The number of nitrogens with zero attached hydrogens (tertiary/aromatic N) is 2. The molecule has 0 bridgehead atoms. The zero-order chi connectivity index (χ0) is 16.5. The first-order valence-electron chi connectivity index (χ1n) is 8.30. The predicted octanol–water partition coefficient (Wildman–Crippen LogP) is 2.98. The SMILES string of the molecule is N#Cc1cc2c(nc1NCC1CC(=O)Nc3ccccc31)CCC2. The second-order valence-electron chi connectivity index (χ2n) is 6.37. The number of nitrogens with one attached hydrogen (secondary N) is 2. The summed E-state index contributed by atoms with van der Waals surface area (Å²) in [6.45, 7) is 0.588. The summed E-state index contributed by atoms with van der Waals surface area (Å²) in [5, 5.41) is 15.6. The Kier molecular flexibility index (Phi) is 3.66. The molecule has 120 valence electrons. The molecule has 2 aromatic rings. The number of nitriles is 1. The van der Waals surface area contributed by atoms with Gasteiger partial charge in [-0.25, -0.2) is 4.98 Å². The van der Waals surface area contributed by atoms with E-state index in [-0.39, 0.29) is 11.8 Å². The van der Waals surface area contributed by atoms with Gasteiger partial charge in [0.2, 0.25) is 5.91 Å². The highest BCUT2D eigenvalue weighted by Crippen LogP contribution is 2.32. The van der Waals surface area contributed by atoms with Crippen LogP contribution in [0.25, 0.3) is 0 Å². The molecule has 24 heavy (non-hydrogen) atoms. The lowest BCUT2D eigenvalue weighted by atomic mass is 9.90. The summed E-state index contributed by atoms with van der Waals surface area (Å²) in [4.78, 5) is 16.6. The van der Waals surface area contributed by atoms with Gasteiger partial charge in [0, 0.05) is 30.3 Å². The number of carbonyl (C=O) groups is 1. The van der Waals surface area contributed by atoms with Crippen LogP contribution in [-0.2, 0) is 17.6 Å². The van der Waals surface area contributed by atoms with E-state index < -0.39 is 0 Å². The van der Waals surface area contributed by atoms with Crippen molar-refractivity contribution in [1.82, 2.24) is 4.98 Å². The standard InChI is InChI=1S/C19H18N4O/c20-10-13-8-12-4-3-7-16(12)23-19(13)21-11-14-9-18(24)22-17-6-2-1-5-15(14)17/h1-2,5-6,8,14H,3-4,7,9,11H2,(H,21,23)(H,22,24). The van der Waals surface area contributed by atoms with E-state index >= 15 is 0 Å². The Balaban J connectivity index is 1.58. The summed E-state index contributed by atoms with van der Waals surface area (Å²) in [7, 11) is 0. The van der Waals surface area contributed by atoms with E-state index in [4.69, 9.17) is 0 Å². The number of aromatic nitrogens is 1. The number of benzene rings is 1. The van der Waals surface area contributed by atoms with Gasteiger partial charge in [0.05, 0.1) is 5.56 Å². The van der Waals surface area contributed by atoms with Crippen LogP contribution in [0.2, 0.25) is 0 Å². The normalized spacial score (nSPS) is 18.3. The zero-order valence-electron chi connectivity index (χ0n) is 13.3. The number of hydrogen-bond acceptors (Lipinski definition) is 4. The summed E-state index contributed by atoms with van der Waals surface area (Å²) >= 11 is 0. The smallest absolute Gasteiger partial charge is 0.225 e. The van der Waals surface area contributed by atoms with Gasteiger partial charge in [-0.2, -0.15) is 5.26 Å². The first kappa shape index (κ1) is 14.7. The minimum atomic E-state index is 0.0305. The summed E-state index contributed by atoms with van der Waals surface area (Å²) in [5.41, 5.74) is 4.88. The van der Waals surface area contributed by atoms with Crippen LogP contribution >= 0.6 is 0 Å². The Bertz CT molecular complexity index is 853. The maximum absolute atomic E-state index is 11.9. The van der Waals surface area contributed by atoms with Crippen LogP contribution in [0.3, 0.4) is 0 Å². The van der Waals surface area contributed by atoms with E-state index in [1.165, 1.54) is 5.56 Å². The third kappa shape index (κ3) is 2.61. The number of hydrogen-bond donors (Lipinski definition) is 2. The predicted molar refractivity (Wildman–Crippen MR) is 91.9 cm³/mol. The van der Waals surface area contributed by atoms with Crippen LogP contribution < -0.4 is 10.6 Å². The van der Waals surface area contributed by atoms with E-state index in [0.29, 0.717) is 24.3 Å². The quantitative estimate of drug-likeness (QED) is 0.912. The second kappa shape index (κ2) is 5.97. The molecule has 1 aromatic heterocycles. The van der Waals surface area contributed by atoms with E-state index in [2.05, 4.69) is 21.7 Å². The van der Waals surface area contributed by atoms with Crippen LogP contribution in [0.4, 0.5) is 11.5 Å². The molecule has 4 rings (SSSR count). The summed E-state index contributed by atoms with van der Waals surface area (Å²) in [5.74, 6) is 0.751. The van der Waals surface area contributed by atoms with Crippen LogP contribution in [0.15, 0.2) is 30.3 Å². The lowest BCUT2D eigenvalue weighted by Gasteiger charge is -2.26. The first-order chi connectivity index (χ1) is 11.7. The molecule has 1 atom stereocenters. The molecule has 2 N–H and O–H groups in total. The van der Waals surface area contributed by atoms with Crippen molar-refractivity contribution in [3.8, 4) is 6.07 Å². The summed E-state index contributed by atoms with van der Waals surface area (Å²) in [6, 6.07) is 12.1. The van der Waals surface area contributed by atoms with Crippen LogP contribution in [-0.4, -0.2) is 17.4 Å². The number of anilines is 2. The van der Waals surface area contributed by atoms with E-state index in [1.807, 2.05) is 30.3 Å². The fourth-order valence-electron chi connectivity index (χ4n) is 3.60. The molecule has 1 amide bonds. The largest absolute Gasteiger partial charge is 0.368 e. The summed E-state index contributed by atoms with van der Waals surface area (Å²) < 4.78 is 0. The van der Waals surface area contributed by atoms with Crippen LogP contribution in [0, 0.1) is 11.3 Å². The van der Waals surface area contributed by atoms with E-state index in [9.17, 15) is 10.1 Å². The highest BCUT2D eigenvalue weighted by atomic mass is 16.1. The molecular weight excluding hydrogens is 300 g/mol. The molecule has 0 radical (unpaired) electrons. The summed E-state index contributed by atoms with van der Waals surface area (Å²) in [6.07, 6.45) is 3.53. The average molecular weight is 318 g/mol. The molecule has 1 aliphatic carbocycles. The van der Waals surface area contributed by atoms with Gasteiger partial charge in [-0.1, -0.05) is 18.2 Å². The fraction of sp³-hybridized carbons (Fsp3) is 0.316. The Morgan fingerprint density at radius 1 is 1.33 bits per heavy atom. The number of rotatable bonds is 3. The lowest BCUT2D eigenvalue weighted by molar-refractivity contribution is -0.116. The van der Waals surface area contributed by atoms with Crippen molar-refractivity contribution >= 4 is 17.4 Å². The minimum Gasteiger partial charge on any atom is -0.368 e. The third-order valence-electron chi connectivity index (χ3n) is 4.79.